The van der Waals surface area contributed by atoms with Crippen LogP contribution in [-0.4, -0.2) is 54.6 Å². The summed E-state index contributed by atoms with van der Waals surface area (Å²) in [4.78, 5) is 47.6. The predicted octanol–water partition coefficient (Wildman–Crippen LogP) is 0.433. The van der Waals surface area contributed by atoms with E-state index in [9.17, 15) is 19.2 Å². The Hall–Kier alpha value is -2.59. The van der Waals surface area contributed by atoms with Crippen molar-refractivity contribution in [3.05, 3.63) is 29.8 Å². The van der Waals surface area contributed by atoms with Crippen molar-refractivity contribution in [3.8, 4) is 0 Å². The number of rotatable bonds is 8. The average Bonchev–Trinajstić information content (AvgIpc) is 2.66. The molecule has 0 bridgehead atoms. The predicted molar refractivity (Wildman–Crippen MR) is 106 cm³/mol. The number of carbonyl (C=O) groups excluding carboxylic acids is 4. The average molecular weight is 408 g/mol. The number of hydrogen-bond acceptors (Lipinski definition) is 7. The molecule has 2 unspecified atom stereocenters. The Morgan fingerprint density at radius 3 is 2.71 bits per heavy atom. The molecule has 1 fully saturated rings. The lowest BCUT2D eigenvalue weighted by Crippen LogP contribution is -2.55. The van der Waals surface area contributed by atoms with Gasteiger partial charge in [0.15, 0.2) is 0 Å². The molecule has 3 amide bonds. The zero-order valence-electron chi connectivity index (χ0n) is 15.7. The first-order valence-corrected chi connectivity index (χ1v) is 9.91. The molecule has 0 aliphatic carbocycles. The van der Waals surface area contributed by atoms with Crippen LogP contribution in [0.4, 0.5) is 5.69 Å². The van der Waals surface area contributed by atoms with Gasteiger partial charge in [-0.3, -0.25) is 19.7 Å². The molecule has 1 aliphatic rings. The van der Waals surface area contributed by atoms with Gasteiger partial charge in [-0.2, -0.15) is 0 Å². The van der Waals surface area contributed by atoms with E-state index in [0.29, 0.717) is 5.69 Å². The Balaban J connectivity index is 1.89. The second-order valence-electron chi connectivity index (χ2n) is 6.02. The van der Waals surface area contributed by atoms with E-state index in [-0.39, 0.29) is 54.5 Å². The topological polar surface area (TPSA) is 126 Å². The smallest absolute Gasteiger partial charge is 0.340 e. The number of carbonyl (C=O) groups is 4. The maximum absolute atomic E-state index is 12.3. The van der Waals surface area contributed by atoms with Gasteiger partial charge in [0.2, 0.25) is 17.7 Å². The Morgan fingerprint density at radius 1 is 1.25 bits per heavy atom. The second kappa shape index (κ2) is 10.7. The van der Waals surface area contributed by atoms with Gasteiger partial charge in [-0.15, -0.1) is 11.8 Å². The lowest BCUT2D eigenvalue weighted by molar-refractivity contribution is -0.125. The van der Waals surface area contributed by atoms with Crippen LogP contribution >= 0.6 is 11.8 Å². The first-order chi connectivity index (χ1) is 13.4. The van der Waals surface area contributed by atoms with E-state index in [4.69, 9.17) is 4.74 Å². The summed E-state index contributed by atoms with van der Waals surface area (Å²) in [6.45, 7) is 1.94. The summed E-state index contributed by atoms with van der Waals surface area (Å²) in [5.74, 6) is -1.14. The van der Waals surface area contributed by atoms with Gasteiger partial charge in [-0.1, -0.05) is 12.1 Å². The molecule has 9 nitrogen and oxygen atoms in total. The van der Waals surface area contributed by atoms with Crippen LogP contribution in [0.5, 0.6) is 0 Å². The van der Waals surface area contributed by atoms with Crippen LogP contribution in [0.1, 0.15) is 30.1 Å². The second-order valence-corrected chi connectivity index (χ2v) is 7.11. The van der Waals surface area contributed by atoms with Crippen LogP contribution in [-0.2, 0) is 19.1 Å². The molecule has 1 aliphatic heterocycles. The number of para-hydroxylation sites is 1. The quantitative estimate of drug-likeness (QED) is 0.460. The number of thioether (sulfide) groups is 1. The summed E-state index contributed by atoms with van der Waals surface area (Å²) < 4.78 is 4.98. The molecule has 0 saturated carbocycles. The SMILES string of the molecule is CCOC(=O)c1ccccc1NC(=O)CSC1NC(=O)CC(CC(=O)NC)N1. The van der Waals surface area contributed by atoms with E-state index in [1.165, 1.54) is 18.8 Å². The van der Waals surface area contributed by atoms with Gasteiger partial charge in [-0.05, 0) is 19.1 Å². The first-order valence-electron chi connectivity index (χ1n) is 8.86. The van der Waals surface area contributed by atoms with Gasteiger partial charge >= 0.3 is 5.97 Å². The molecule has 0 aromatic heterocycles. The third-order valence-electron chi connectivity index (χ3n) is 3.90. The van der Waals surface area contributed by atoms with Gasteiger partial charge < -0.3 is 20.7 Å². The van der Waals surface area contributed by atoms with Crippen molar-refractivity contribution in [2.24, 2.45) is 0 Å². The van der Waals surface area contributed by atoms with E-state index >= 15 is 0 Å². The summed E-state index contributed by atoms with van der Waals surface area (Å²) in [6.07, 6.45) is 0.379. The third kappa shape index (κ3) is 6.54. The fraction of sp³-hybridized carbons (Fsp3) is 0.444. The van der Waals surface area contributed by atoms with E-state index in [1.807, 2.05) is 0 Å². The van der Waals surface area contributed by atoms with Crippen LogP contribution in [0.15, 0.2) is 24.3 Å². The molecular formula is C18H24N4O5S. The maximum Gasteiger partial charge on any atom is 0.340 e. The Bertz CT molecular complexity index is 742. The van der Waals surface area contributed by atoms with Crippen molar-refractivity contribution in [3.63, 3.8) is 0 Å². The summed E-state index contributed by atoms with van der Waals surface area (Å²) in [5.41, 5.74) is 0.157. The zero-order chi connectivity index (χ0) is 20.5. The molecule has 1 heterocycles. The zero-order valence-corrected chi connectivity index (χ0v) is 16.6. The molecular weight excluding hydrogens is 384 g/mol. The number of nitrogens with one attached hydrogen (secondary N) is 4. The lowest BCUT2D eigenvalue weighted by Gasteiger charge is -2.30. The highest BCUT2D eigenvalue weighted by Gasteiger charge is 2.28. The van der Waals surface area contributed by atoms with E-state index < -0.39 is 11.5 Å². The van der Waals surface area contributed by atoms with Crippen LogP contribution in [0.25, 0.3) is 0 Å². The summed E-state index contributed by atoms with van der Waals surface area (Å²) in [5, 5.41) is 11.1. The molecule has 4 N–H and O–H groups in total. The van der Waals surface area contributed by atoms with E-state index in [2.05, 4.69) is 21.3 Å². The normalized spacial score (nSPS) is 18.7. The minimum absolute atomic E-state index is 0.0435. The highest BCUT2D eigenvalue weighted by atomic mass is 32.2. The Labute approximate surface area is 167 Å². The monoisotopic (exact) mass is 408 g/mol. The highest BCUT2D eigenvalue weighted by Crippen LogP contribution is 2.18. The molecule has 152 valence electrons. The molecule has 10 heteroatoms. The molecule has 2 rings (SSSR count). The third-order valence-corrected chi connectivity index (χ3v) is 4.92. The van der Waals surface area contributed by atoms with Crippen LogP contribution in [0.3, 0.4) is 0 Å². The van der Waals surface area contributed by atoms with Crippen LogP contribution < -0.4 is 21.3 Å². The first kappa shape index (κ1) is 21.7. The summed E-state index contributed by atoms with van der Waals surface area (Å²) >= 11 is 1.19. The number of amides is 3. The number of benzene rings is 1. The van der Waals surface area contributed by atoms with Gasteiger partial charge in [0.05, 0.1) is 23.6 Å². The van der Waals surface area contributed by atoms with Gasteiger partial charge in [0.25, 0.3) is 0 Å². The van der Waals surface area contributed by atoms with Crippen LogP contribution in [0.2, 0.25) is 0 Å². The molecule has 1 aromatic carbocycles. The molecule has 1 saturated heterocycles. The van der Waals surface area contributed by atoms with Crippen molar-refractivity contribution >= 4 is 41.1 Å². The molecule has 28 heavy (non-hydrogen) atoms. The Kier molecular flexibility index (Phi) is 8.27. The van der Waals surface area contributed by atoms with Gasteiger partial charge in [0.1, 0.15) is 5.50 Å². The highest BCUT2D eigenvalue weighted by molar-refractivity contribution is 8.00. The van der Waals surface area contributed by atoms with Gasteiger partial charge in [0, 0.05) is 25.9 Å². The lowest BCUT2D eigenvalue weighted by atomic mass is 10.1. The Morgan fingerprint density at radius 2 is 2.00 bits per heavy atom. The maximum atomic E-state index is 12.3. The summed E-state index contributed by atoms with van der Waals surface area (Å²) in [7, 11) is 1.54. The number of anilines is 1. The van der Waals surface area contributed by atoms with E-state index in [1.54, 1.807) is 31.2 Å². The molecule has 0 spiro atoms. The molecule has 1 aromatic rings. The fourth-order valence-corrected chi connectivity index (χ4v) is 3.51. The molecule has 0 radical (unpaired) electrons. The number of esters is 1. The van der Waals surface area contributed by atoms with Crippen molar-refractivity contribution in [1.29, 1.82) is 0 Å². The van der Waals surface area contributed by atoms with Crippen molar-refractivity contribution < 1.29 is 23.9 Å². The van der Waals surface area contributed by atoms with Crippen LogP contribution in [0, 0.1) is 0 Å². The van der Waals surface area contributed by atoms with Crippen molar-refractivity contribution in [2.45, 2.75) is 31.3 Å². The van der Waals surface area contributed by atoms with Crippen molar-refractivity contribution in [1.82, 2.24) is 16.0 Å². The van der Waals surface area contributed by atoms with Gasteiger partial charge in [-0.25, -0.2) is 4.79 Å². The summed E-state index contributed by atoms with van der Waals surface area (Å²) in [6, 6.07) is 6.29. The number of hydrogen-bond donors (Lipinski definition) is 4. The minimum Gasteiger partial charge on any atom is -0.462 e. The standard InChI is InChI=1S/C18H24N4O5S/c1-3-27-17(26)12-6-4-5-7-13(12)21-16(25)10-28-18-20-11(8-14(23)19-2)9-15(24)22-18/h4-7,11,18,20H,3,8-10H2,1-2H3,(H,19,23)(H,21,25)(H,22,24). The molecule has 2 atom stereocenters. The van der Waals surface area contributed by atoms with Crippen molar-refractivity contribution in [2.75, 3.05) is 24.7 Å². The number of ether oxygens (including phenoxy) is 1. The fourth-order valence-electron chi connectivity index (χ4n) is 2.61. The largest absolute Gasteiger partial charge is 0.462 e. The van der Waals surface area contributed by atoms with E-state index in [0.717, 1.165) is 0 Å². The minimum atomic E-state index is -0.510.